The number of anilines is 1. The van der Waals surface area contributed by atoms with Gasteiger partial charge in [0, 0.05) is 17.2 Å². The Bertz CT molecular complexity index is 961. The van der Waals surface area contributed by atoms with Crippen LogP contribution in [-0.2, 0) is 4.79 Å². The average Bonchev–Trinajstić information content (AvgIpc) is 3.02. The molecule has 6 heteroatoms. The molecule has 2 amide bonds. The van der Waals surface area contributed by atoms with Gasteiger partial charge in [-0.1, -0.05) is 60.7 Å². The number of nitrogens with two attached hydrogens (primary N) is 2. The van der Waals surface area contributed by atoms with Gasteiger partial charge in [-0.15, -0.1) is 11.3 Å². The summed E-state index contributed by atoms with van der Waals surface area (Å²) in [6, 6.07) is 20.9. The van der Waals surface area contributed by atoms with E-state index < -0.39 is 5.91 Å². The summed E-state index contributed by atoms with van der Waals surface area (Å²) >= 11 is 1.39. The highest BCUT2D eigenvalue weighted by Gasteiger charge is 2.20. The van der Waals surface area contributed by atoms with Gasteiger partial charge in [-0.3, -0.25) is 9.59 Å². The number of rotatable bonds is 9. The van der Waals surface area contributed by atoms with Gasteiger partial charge < -0.3 is 16.4 Å². The van der Waals surface area contributed by atoms with Crippen LogP contribution in [0.3, 0.4) is 0 Å². The van der Waals surface area contributed by atoms with Crippen molar-refractivity contribution in [2.75, 3.05) is 18.4 Å². The van der Waals surface area contributed by atoms with E-state index in [4.69, 9.17) is 5.73 Å². The second-order valence-electron chi connectivity index (χ2n) is 7.34. The fraction of sp³-hybridized carbons (Fsp3) is 0.250. The van der Waals surface area contributed by atoms with Gasteiger partial charge in [0.15, 0.2) is 6.54 Å². The van der Waals surface area contributed by atoms with Gasteiger partial charge >= 0.3 is 0 Å². The van der Waals surface area contributed by atoms with Crippen LogP contribution in [-0.4, -0.2) is 24.9 Å². The molecule has 30 heavy (non-hydrogen) atoms. The lowest BCUT2D eigenvalue weighted by atomic mass is 9.88. The molecule has 0 aliphatic rings. The Morgan fingerprint density at radius 3 is 2.10 bits per heavy atom. The summed E-state index contributed by atoms with van der Waals surface area (Å²) in [4.78, 5) is 25.1. The highest BCUT2D eigenvalue weighted by Crippen LogP contribution is 2.32. The maximum atomic E-state index is 12.4. The Morgan fingerprint density at radius 1 is 1.00 bits per heavy atom. The van der Waals surface area contributed by atoms with E-state index >= 15 is 0 Å². The summed E-state index contributed by atoms with van der Waals surface area (Å²) in [5.41, 5.74) is 9.28. The molecule has 0 spiro atoms. The number of primary amides is 1. The lowest BCUT2D eigenvalue weighted by Crippen LogP contribution is -2.86. The minimum atomic E-state index is -0.510. The van der Waals surface area contributed by atoms with Crippen LogP contribution in [0.25, 0.3) is 0 Å². The third-order valence-electron chi connectivity index (χ3n) is 5.28. The Hall–Kier alpha value is -2.96. The van der Waals surface area contributed by atoms with Gasteiger partial charge in [-0.05, 0) is 30.5 Å². The van der Waals surface area contributed by atoms with Gasteiger partial charge in [0.05, 0.1) is 12.1 Å². The van der Waals surface area contributed by atoms with Crippen molar-refractivity contribution in [2.45, 2.75) is 26.2 Å². The van der Waals surface area contributed by atoms with Gasteiger partial charge in [-0.2, -0.15) is 0 Å². The van der Waals surface area contributed by atoms with Crippen LogP contribution < -0.4 is 16.4 Å². The zero-order chi connectivity index (χ0) is 21.5. The monoisotopic (exact) mass is 422 g/mol. The minimum Gasteiger partial charge on any atom is -0.365 e. The second kappa shape index (κ2) is 10.2. The maximum Gasteiger partial charge on any atom is 0.280 e. The Labute approximate surface area is 181 Å². The van der Waals surface area contributed by atoms with Crippen LogP contribution in [0, 0.1) is 13.8 Å². The van der Waals surface area contributed by atoms with E-state index in [-0.39, 0.29) is 11.8 Å². The molecule has 0 saturated carbocycles. The molecule has 0 aliphatic heterocycles. The summed E-state index contributed by atoms with van der Waals surface area (Å²) < 4.78 is 0. The van der Waals surface area contributed by atoms with Crippen LogP contribution >= 0.6 is 11.3 Å². The molecule has 0 aliphatic carbocycles. The molecule has 0 radical (unpaired) electrons. The predicted octanol–water partition coefficient (Wildman–Crippen LogP) is 3.19. The van der Waals surface area contributed by atoms with Crippen molar-refractivity contribution < 1.29 is 14.9 Å². The zero-order valence-electron chi connectivity index (χ0n) is 17.4. The number of aryl methyl sites for hydroxylation is 1. The Morgan fingerprint density at radius 2 is 1.57 bits per heavy atom. The molecule has 3 aromatic rings. The molecule has 0 unspecified atom stereocenters. The number of amides is 2. The zero-order valence-corrected chi connectivity index (χ0v) is 18.2. The van der Waals surface area contributed by atoms with Crippen molar-refractivity contribution in [1.29, 1.82) is 0 Å². The smallest absolute Gasteiger partial charge is 0.280 e. The lowest BCUT2D eigenvalue weighted by Gasteiger charge is -2.17. The number of hydrogen-bond acceptors (Lipinski definition) is 3. The van der Waals surface area contributed by atoms with Gasteiger partial charge in [0.1, 0.15) is 5.00 Å². The van der Waals surface area contributed by atoms with E-state index in [1.807, 2.05) is 31.3 Å². The van der Waals surface area contributed by atoms with Crippen molar-refractivity contribution in [2.24, 2.45) is 5.73 Å². The van der Waals surface area contributed by atoms with Crippen molar-refractivity contribution in [1.82, 2.24) is 0 Å². The van der Waals surface area contributed by atoms with Crippen LogP contribution in [0.15, 0.2) is 60.7 Å². The normalized spacial score (nSPS) is 10.9. The highest BCUT2D eigenvalue weighted by atomic mass is 32.1. The first kappa shape index (κ1) is 21.7. The van der Waals surface area contributed by atoms with Crippen LogP contribution in [0.5, 0.6) is 0 Å². The van der Waals surface area contributed by atoms with E-state index in [1.165, 1.54) is 22.5 Å². The third kappa shape index (κ3) is 5.34. The summed E-state index contributed by atoms with van der Waals surface area (Å²) in [6.07, 6.45) is 0.922. The Balaban J connectivity index is 1.57. The molecule has 1 heterocycles. The van der Waals surface area contributed by atoms with E-state index in [1.54, 1.807) is 0 Å². The highest BCUT2D eigenvalue weighted by molar-refractivity contribution is 7.16. The molecule has 1 aromatic heterocycles. The fourth-order valence-corrected chi connectivity index (χ4v) is 4.69. The third-order valence-corrected chi connectivity index (χ3v) is 6.40. The van der Waals surface area contributed by atoms with Crippen molar-refractivity contribution in [3.8, 4) is 0 Å². The molecule has 5 N–H and O–H groups in total. The molecular weight excluding hydrogens is 394 g/mol. The SMILES string of the molecule is Cc1sc(NC(=O)C[NH2+]CCC(c2ccccc2)c2ccccc2)c(C(N)=O)c1C. The van der Waals surface area contributed by atoms with Gasteiger partial charge in [0.25, 0.3) is 11.8 Å². The molecule has 0 saturated heterocycles. The molecule has 156 valence electrons. The molecule has 0 fully saturated rings. The van der Waals surface area contributed by atoms with E-state index in [0.717, 1.165) is 23.4 Å². The maximum absolute atomic E-state index is 12.4. The Kier molecular flexibility index (Phi) is 7.38. The van der Waals surface area contributed by atoms with Gasteiger partial charge in [0.2, 0.25) is 0 Å². The quantitative estimate of drug-likeness (QED) is 0.462. The molecule has 5 nitrogen and oxygen atoms in total. The number of quaternary nitrogens is 1. The number of hydrogen-bond donors (Lipinski definition) is 3. The van der Waals surface area contributed by atoms with Crippen molar-refractivity contribution in [3.05, 3.63) is 87.8 Å². The first-order valence-corrected chi connectivity index (χ1v) is 10.9. The second-order valence-corrected chi connectivity index (χ2v) is 8.57. The predicted molar refractivity (Wildman–Crippen MR) is 122 cm³/mol. The van der Waals surface area contributed by atoms with E-state index in [0.29, 0.717) is 17.1 Å². The summed E-state index contributed by atoms with van der Waals surface area (Å²) in [5.74, 6) is -0.352. The molecule has 0 bridgehead atoms. The largest absolute Gasteiger partial charge is 0.365 e. The minimum absolute atomic E-state index is 0.130. The molecule has 0 atom stereocenters. The number of carbonyl (C=O) groups excluding carboxylic acids is 2. The number of carbonyl (C=O) groups is 2. The standard InChI is InChI=1S/C24H27N3O2S/c1-16-17(2)30-24(22(16)23(25)29)27-21(28)15-26-14-13-20(18-9-5-3-6-10-18)19-11-7-4-8-12-19/h3-12,20,26H,13-15H2,1-2H3,(H2,25,29)(H,27,28)/p+1. The lowest BCUT2D eigenvalue weighted by molar-refractivity contribution is -0.644. The molecular formula is C24H28N3O2S+. The topological polar surface area (TPSA) is 88.8 Å². The van der Waals surface area contributed by atoms with E-state index in [9.17, 15) is 9.59 Å². The first-order chi connectivity index (χ1) is 14.5. The molecule has 2 aromatic carbocycles. The molecule has 3 rings (SSSR count). The summed E-state index contributed by atoms with van der Waals surface area (Å²) in [7, 11) is 0. The van der Waals surface area contributed by atoms with Crippen molar-refractivity contribution >= 4 is 28.2 Å². The average molecular weight is 423 g/mol. The number of nitrogens with one attached hydrogen (secondary N) is 1. The number of benzene rings is 2. The van der Waals surface area contributed by atoms with Crippen LogP contribution in [0.2, 0.25) is 0 Å². The first-order valence-electron chi connectivity index (χ1n) is 10.1. The van der Waals surface area contributed by atoms with Crippen molar-refractivity contribution in [3.63, 3.8) is 0 Å². The fourth-order valence-electron chi connectivity index (χ4n) is 3.60. The number of thiophene rings is 1. The van der Waals surface area contributed by atoms with E-state index in [2.05, 4.69) is 53.8 Å². The summed E-state index contributed by atoms with van der Waals surface area (Å²) in [5, 5.41) is 5.40. The summed E-state index contributed by atoms with van der Waals surface area (Å²) in [6.45, 7) is 4.88. The van der Waals surface area contributed by atoms with Crippen LogP contribution in [0.4, 0.5) is 5.00 Å². The van der Waals surface area contributed by atoms with Gasteiger partial charge in [-0.25, -0.2) is 0 Å². The van der Waals surface area contributed by atoms with Crippen LogP contribution in [0.1, 0.15) is 44.3 Å².